The molecule has 0 bridgehead atoms. The lowest BCUT2D eigenvalue weighted by atomic mass is 9.60. The molecule has 0 saturated heterocycles. The maximum absolute atomic E-state index is 11.4. The molecule has 3 nitrogen and oxygen atoms in total. The van der Waals surface area contributed by atoms with Gasteiger partial charge < -0.3 is 9.84 Å². The van der Waals surface area contributed by atoms with Crippen LogP contribution in [0.1, 0.15) is 98.8 Å². The average Bonchev–Trinajstić information content (AvgIpc) is 3.06. The fourth-order valence-electron chi connectivity index (χ4n) is 7.04. The van der Waals surface area contributed by atoms with Gasteiger partial charge in [0.25, 0.3) is 0 Å². The molecule has 6 atom stereocenters. The van der Waals surface area contributed by atoms with E-state index in [0.717, 1.165) is 28.9 Å². The zero-order valence-electron chi connectivity index (χ0n) is 21.2. The molecular weight excluding hydrogens is 396 g/mol. The van der Waals surface area contributed by atoms with Crippen molar-refractivity contribution in [3.8, 4) is 0 Å². The molecule has 0 aromatic carbocycles. The maximum Gasteiger partial charge on any atom is 0.302 e. The van der Waals surface area contributed by atoms with Crippen LogP contribution in [-0.4, -0.2) is 23.3 Å². The standard InChI is InChI=1S/C29H46O3/c1-19(2)9-7-10-20(3)26-14-15-27-23(11-8-16-29(26,27)6)12-13-24-17-25(32-22(5)30)18-28(31)21(24)4/h12-13,19-20,25-28,31H,4,7-11,14-18H2,1-3,5-6H3/b23-12?,24-13-/t20?,25-,26?,27?,28+,29-/m1/s1. The Bertz CT molecular complexity index is 746. The predicted octanol–water partition coefficient (Wildman–Crippen LogP) is 7.16. The minimum absolute atomic E-state index is 0.253. The van der Waals surface area contributed by atoms with Gasteiger partial charge in [0.2, 0.25) is 0 Å². The normalized spacial score (nSPS) is 36.5. The molecule has 3 saturated carbocycles. The van der Waals surface area contributed by atoms with E-state index in [1.54, 1.807) is 5.57 Å². The summed E-state index contributed by atoms with van der Waals surface area (Å²) in [5, 5.41) is 10.4. The van der Waals surface area contributed by atoms with Crippen molar-refractivity contribution >= 4 is 5.97 Å². The SMILES string of the molecule is C=C1/C(=C\C=C2CCC[C@@]3(C)C2CCC3C(C)CCCC(C)C)C[C@@H](OC(C)=O)C[C@@H]1O. The molecule has 3 rings (SSSR count). The van der Waals surface area contributed by atoms with Crippen LogP contribution in [0.15, 0.2) is 35.5 Å². The molecule has 0 aromatic heterocycles. The minimum atomic E-state index is -0.628. The van der Waals surface area contributed by atoms with Gasteiger partial charge in [0.1, 0.15) is 6.10 Å². The van der Waals surface area contributed by atoms with E-state index in [2.05, 4.69) is 46.4 Å². The number of carbonyl (C=O) groups is 1. The highest BCUT2D eigenvalue weighted by molar-refractivity contribution is 5.66. The monoisotopic (exact) mass is 442 g/mol. The van der Waals surface area contributed by atoms with Crippen LogP contribution in [0.4, 0.5) is 0 Å². The van der Waals surface area contributed by atoms with Crippen LogP contribution in [-0.2, 0) is 9.53 Å². The summed E-state index contributed by atoms with van der Waals surface area (Å²) in [6.07, 6.45) is 15.3. The highest BCUT2D eigenvalue weighted by atomic mass is 16.5. The zero-order chi connectivity index (χ0) is 23.5. The Morgan fingerprint density at radius 1 is 1.25 bits per heavy atom. The summed E-state index contributed by atoms with van der Waals surface area (Å²) >= 11 is 0. The second kappa shape index (κ2) is 10.7. The predicted molar refractivity (Wildman–Crippen MR) is 132 cm³/mol. The first-order valence-corrected chi connectivity index (χ1v) is 13.1. The van der Waals surface area contributed by atoms with Crippen LogP contribution in [0.3, 0.4) is 0 Å². The van der Waals surface area contributed by atoms with Crippen LogP contribution < -0.4 is 0 Å². The number of rotatable bonds is 7. The van der Waals surface area contributed by atoms with Gasteiger partial charge in [-0.1, -0.05) is 71.3 Å². The smallest absolute Gasteiger partial charge is 0.302 e. The first-order valence-electron chi connectivity index (χ1n) is 13.1. The summed E-state index contributed by atoms with van der Waals surface area (Å²) in [4.78, 5) is 11.4. The molecule has 0 heterocycles. The lowest BCUT2D eigenvalue weighted by Crippen LogP contribution is -2.36. The molecule has 3 aliphatic carbocycles. The summed E-state index contributed by atoms with van der Waals surface area (Å²) < 4.78 is 5.40. The van der Waals surface area contributed by atoms with E-state index >= 15 is 0 Å². The number of hydrogen-bond donors (Lipinski definition) is 1. The van der Waals surface area contributed by atoms with E-state index in [4.69, 9.17) is 4.74 Å². The lowest BCUT2D eigenvalue weighted by molar-refractivity contribution is -0.147. The number of carbonyl (C=O) groups excluding carboxylic acids is 1. The molecule has 3 unspecified atom stereocenters. The van der Waals surface area contributed by atoms with Gasteiger partial charge in [0.05, 0.1) is 6.10 Å². The maximum atomic E-state index is 11.4. The van der Waals surface area contributed by atoms with Crippen molar-refractivity contribution in [2.45, 2.75) is 111 Å². The molecular formula is C29H46O3. The quantitative estimate of drug-likeness (QED) is 0.425. The highest BCUT2D eigenvalue weighted by Crippen LogP contribution is 2.60. The summed E-state index contributed by atoms with van der Waals surface area (Å²) in [5.41, 5.74) is 3.82. The van der Waals surface area contributed by atoms with E-state index < -0.39 is 6.10 Å². The number of ether oxygens (including phenoxy) is 1. The van der Waals surface area contributed by atoms with Crippen molar-refractivity contribution in [1.82, 2.24) is 0 Å². The zero-order valence-corrected chi connectivity index (χ0v) is 21.2. The van der Waals surface area contributed by atoms with Gasteiger partial charge in [-0.05, 0) is 72.3 Å². The van der Waals surface area contributed by atoms with Gasteiger partial charge in [-0.25, -0.2) is 0 Å². The molecule has 0 aliphatic heterocycles. The van der Waals surface area contributed by atoms with Crippen molar-refractivity contribution in [3.05, 3.63) is 35.5 Å². The van der Waals surface area contributed by atoms with Crippen LogP contribution in [0.2, 0.25) is 0 Å². The Balaban J connectivity index is 1.72. The summed E-state index contributed by atoms with van der Waals surface area (Å²) in [6, 6.07) is 0. The Kier molecular flexibility index (Phi) is 8.47. The fraction of sp³-hybridized carbons (Fsp3) is 0.759. The van der Waals surface area contributed by atoms with Crippen LogP contribution in [0.25, 0.3) is 0 Å². The van der Waals surface area contributed by atoms with Gasteiger partial charge in [-0.2, -0.15) is 0 Å². The van der Waals surface area contributed by atoms with Gasteiger partial charge in [0.15, 0.2) is 0 Å². The Morgan fingerprint density at radius 3 is 2.69 bits per heavy atom. The molecule has 0 spiro atoms. The summed E-state index contributed by atoms with van der Waals surface area (Å²) in [5.74, 6) is 2.83. The lowest BCUT2D eigenvalue weighted by Gasteiger charge is -2.44. The molecule has 1 N–H and O–H groups in total. The topological polar surface area (TPSA) is 46.5 Å². The minimum Gasteiger partial charge on any atom is -0.462 e. The number of aliphatic hydroxyl groups excluding tert-OH is 1. The molecule has 32 heavy (non-hydrogen) atoms. The van der Waals surface area contributed by atoms with Gasteiger partial charge in [0, 0.05) is 19.8 Å². The van der Waals surface area contributed by atoms with E-state index in [1.807, 2.05) is 0 Å². The fourth-order valence-corrected chi connectivity index (χ4v) is 7.04. The average molecular weight is 443 g/mol. The third-order valence-electron chi connectivity index (χ3n) is 8.75. The number of aliphatic hydroxyl groups is 1. The van der Waals surface area contributed by atoms with E-state index in [9.17, 15) is 9.90 Å². The Labute approximate surface area is 196 Å². The van der Waals surface area contributed by atoms with Crippen molar-refractivity contribution in [2.24, 2.45) is 29.1 Å². The molecule has 3 aliphatic rings. The second-order valence-electron chi connectivity index (χ2n) is 11.5. The second-order valence-corrected chi connectivity index (χ2v) is 11.5. The molecule has 3 fully saturated rings. The first kappa shape index (κ1) is 25.3. The van der Waals surface area contributed by atoms with Crippen molar-refractivity contribution < 1.29 is 14.6 Å². The Morgan fingerprint density at radius 2 is 2.00 bits per heavy atom. The van der Waals surface area contributed by atoms with Crippen LogP contribution >= 0.6 is 0 Å². The summed E-state index contributed by atoms with van der Waals surface area (Å²) in [6.45, 7) is 15.3. The third-order valence-corrected chi connectivity index (χ3v) is 8.75. The largest absolute Gasteiger partial charge is 0.462 e. The molecule has 180 valence electrons. The van der Waals surface area contributed by atoms with Crippen LogP contribution in [0, 0.1) is 29.1 Å². The highest BCUT2D eigenvalue weighted by Gasteiger charge is 2.50. The third kappa shape index (κ3) is 5.76. The number of hydrogen-bond acceptors (Lipinski definition) is 3. The van der Waals surface area contributed by atoms with Crippen LogP contribution in [0.5, 0.6) is 0 Å². The van der Waals surface area contributed by atoms with Gasteiger partial charge >= 0.3 is 5.97 Å². The van der Waals surface area contributed by atoms with Crippen molar-refractivity contribution in [2.75, 3.05) is 0 Å². The van der Waals surface area contributed by atoms with E-state index in [1.165, 1.54) is 58.3 Å². The molecule has 3 heteroatoms. The number of esters is 1. The Hall–Kier alpha value is -1.35. The van der Waals surface area contributed by atoms with Gasteiger partial charge in [-0.3, -0.25) is 4.79 Å². The van der Waals surface area contributed by atoms with Crippen molar-refractivity contribution in [3.63, 3.8) is 0 Å². The first-order chi connectivity index (χ1) is 15.1. The summed E-state index contributed by atoms with van der Waals surface area (Å²) in [7, 11) is 0. The van der Waals surface area contributed by atoms with Gasteiger partial charge in [-0.15, -0.1) is 0 Å². The molecule has 0 aromatic rings. The van der Waals surface area contributed by atoms with Crippen molar-refractivity contribution in [1.29, 1.82) is 0 Å². The van der Waals surface area contributed by atoms with E-state index in [-0.39, 0.29) is 12.1 Å². The number of allylic oxidation sites excluding steroid dienone is 3. The molecule has 0 radical (unpaired) electrons. The number of fused-ring (bicyclic) bond motifs is 1. The van der Waals surface area contributed by atoms with E-state index in [0.29, 0.717) is 24.2 Å². The molecule has 0 amide bonds.